The van der Waals surface area contributed by atoms with Crippen molar-refractivity contribution < 1.29 is 18.3 Å². The third-order valence-electron chi connectivity index (χ3n) is 2.16. The summed E-state index contributed by atoms with van der Waals surface area (Å²) in [6, 6.07) is 0. The van der Waals surface area contributed by atoms with Gasteiger partial charge in [0.2, 0.25) is 0 Å². The molecule has 1 rings (SSSR count). The Bertz CT molecular complexity index is 376. The van der Waals surface area contributed by atoms with Crippen LogP contribution in [0.1, 0.15) is 17.8 Å². The predicted octanol–water partition coefficient (Wildman–Crippen LogP) is 2.24. The number of aryl methyl sites for hydroxylation is 2. The van der Waals surface area contributed by atoms with E-state index >= 15 is 0 Å². The minimum absolute atomic E-state index is 0.157. The van der Waals surface area contributed by atoms with Crippen molar-refractivity contribution in [2.75, 3.05) is 0 Å². The molecule has 0 spiro atoms. The molecule has 0 amide bonds. The van der Waals surface area contributed by atoms with Gasteiger partial charge in [-0.05, 0) is 6.92 Å². The number of nitrogens with zero attached hydrogens (tertiary/aromatic N) is 2. The highest BCUT2D eigenvalue weighted by Crippen LogP contribution is 2.26. The number of hydrogen-bond donors (Lipinski definition) is 1. The Kier molecular flexibility index (Phi) is 3.85. The number of hydrogen-bond acceptors (Lipinski definition) is 2. The van der Waals surface area contributed by atoms with E-state index in [0.717, 1.165) is 0 Å². The van der Waals surface area contributed by atoms with Crippen LogP contribution in [0.5, 0.6) is 0 Å². The van der Waals surface area contributed by atoms with E-state index in [1.165, 1.54) is 4.68 Å². The van der Waals surface area contributed by atoms with Gasteiger partial charge in [-0.25, -0.2) is 0 Å². The second kappa shape index (κ2) is 4.63. The summed E-state index contributed by atoms with van der Waals surface area (Å²) in [5.41, 5.74) is 0.953. The van der Waals surface area contributed by atoms with Crippen LogP contribution in [0.3, 0.4) is 0 Å². The van der Waals surface area contributed by atoms with Crippen molar-refractivity contribution in [2.24, 2.45) is 7.05 Å². The molecule has 1 aromatic heterocycles. The van der Waals surface area contributed by atoms with Crippen LogP contribution in [0.2, 0.25) is 5.02 Å². The molecule has 0 aromatic carbocycles. The van der Waals surface area contributed by atoms with Crippen molar-refractivity contribution in [2.45, 2.75) is 32.0 Å². The normalized spacial score (nSPS) is 14.2. The van der Waals surface area contributed by atoms with Crippen molar-refractivity contribution >= 4 is 11.6 Å². The maximum absolute atomic E-state index is 12.0. The van der Waals surface area contributed by atoms with Crippen LogP contribution in [0, 0.1) is 6.92 Å². The van der Waals surface area contributed by atoms with Crippen molar-refractivity contribution in [3.05, 3.63) is 16.4 Å². The van der Waals surface area contributed by atoms with Gasteiger partial charge in [-0.2, -0.15) is 18.3 Å². The molecule has 7 heteroatoms. The van der Waals surface area contributed by atoms with Crippen LogP contribution < -0.4 is 0 Å². The molecular weight excluding hydrogens is 245 g/mol. The Hall–Kier alpha value is -0.750. The average Bonchev–Trinajstić information content (AvgIpc) is 2.29. The van der Waals surface area contributed by atoms with E-state index in [2.05, 4.69) is 5.10 Å². The fourth-order valence-electron chi connectivity index (χ4n) is 1.46. The lowest BCUT2D eigenvalue weighted by atomic mass is 10.1. The minimum atomic E-state index is -4.38. The number of rotatable bonds is 3. The van der Waals surface area contributed by atoms with Gasteiger partial charge in [0.15, 0.2) is 0 Å². The molecular formula is C9H12ClF3N2O. The first-order valence-electron chi connectivity index (χ1n) is 4.63. The maximum Gasteiger partial charge on any atom is 0.391 e. The molecule has 92 valence electrons. The Morgan fingerprint density at radius 3 is 2.44 bits per heavy atom. The van der Waals surface area contributed by atoms with Crippen LogP contribution in [-0.4, -0.2) is 27.2 Å². The Balaban J connectivity index is 2.73. The summed E-state index contributed by atoms with van der Waals surface area (Å²) in [6.07, 6.45) is -7.27. The molecule has 1 atom stereocenters. The number of aliphatic hydroxyl groups is 1. The summed E-state index contributed by atoms with van der Waals surface area (Å²) in [6.45, 7) is 1.65. The second-order valence-electron chi connectivity index (χ2n) is 3.65. The molecule has 3 nitrogen and oxygen atoms in total. The van der Waals surface area contributed by atoms with E-state index in [9.17, 15) is 18.3 Å². The van der Waals surface area contributed by atoms with E-state index in [0.29, 0.717) is 16.4 Å². The van der Waals surface area contributed by atoms with Crippen LogP contribution >= 0.6 is 11.6 Å². The number of halogens is 4. The number of aliphatic hydroxyl groups excluding tert-OH is 1. The van der Waals surface area contributed by atoms with Gasteiger partial charge in [-0.3, -0.25) is 4.68 Å². The van der Waals surface area contributed by atoms with Crippen molar-refractivity contribution in [3.8, 4) is 0 Å². The van der Waals surface area contributed by atoms with E-state index in [1.807, 2.05) is 0 Å². The van der Waals surface area contributed by atoms with Gasteiger partial charge in [0, 0.05) is 13.5 Å². The van der Waals surface area contributed by atoms with Gasteiger partial charge in [0.05, 0.1) is 28.9 Å². The molecule has 0 bridgehead atoms. The molecule has 0 aliphatic heterocycles. The lowest BCUT2D eigenvalue weighted by molar-refractivity contribution is -0.153. The van der Waals surface area contributed by atoms with Crippen molar-refractivity contribution in [3.63, 3.8) is 0 Å². The molecule has 0 saturated carbocycles. The second-order valence-corrected chi connectivity index (χ2v) is 4.02. The SMILES string of the molecule is Cc1nn(C)c(CC(O)CC(F)(F)F)c1Cl. The Morgan fingerprint density at radius 2 is 2.06 bits per heavy atom. The van der Waals surface area contributed by atoms with Crippen LogP contribution in [0.4, 0.5) is 13.2 Å². The molecule has 1 unspecified atom stereocenters. The monoisotopic (exact) mass is 256 g/mol. The van der Waals surface area contributed by atoms with Crippen molar-refractivity contribution in [1.29, 1.82) is 0 Å². The van der Waals surface area contributed by atoms with E-state index in [-0.39, 0.29) is 6.42 Å². The lowest BCUT2D eigenvalue weighted by Gasteiger charge is -2.13. The summed E-state index contributed by atoms with van der Waals surface area (Å²) in [7, 11) is 1.58. The largest absolute Gasteiger partial charge is 0.392 e. The van der Waals surface area contributed by atoms with Crippen molar-refractivity contribution in [1.82, 2.24) is 9.78 Å². The Morgan fingerprint density at radius 1 is 1.50 bits per heavy atom. The smallest absolute Gasteiger partial charge is 0.391 e. The highest BCUT2D eigenvalue weighted by Gasteiger charge is 2.31. The summed E-state index contributed by atoms with van der Waals surface area (Å²) >= 11 is 5.85. The first-order chi connectivity index (χ1) is 7.20. The molecule has 1 N–H and O–H groups in total. The molecule has 16 heavy (non-hydrogen) atoms. The van der Waals surface area contributed by atoms with Gasteiger partial charge in [-0.15, -0.1) is 0 Å². The zero-order chi connectivity index (χ0) is 12.5. The topological polar surface area (TPSA) is 38.0 Å². The standard InChI is InChI=1S/C9H12ClF3N2O/c1-5-8(10)7(15(2)14-5)3-6(16)4-9(11,12)13/h6,16H,3-4H2,1-2H3. The molecule has 0 aliphatic carbocycles. The fourth-order valence-corrected chi connectivity index (χ4v) is 1.70. The summed E-state index contributed by atoms with van der Waals surface area (Å²) in [5.74, 6) is 0. The molecule has 0 saturated heterocycles. The van der Waals surface area contributed by atoms with Crippen LogP contribution in [-0.2, 0) is 13.5 Å². The molecule has 0 radical (unpaired) electrons. The quantitative estimate of drug-likeness (QED) is 0.901. The van der Waals surface area contributed by atoms with E-state index in [4.69, 9.17) is 11.6 Å². The predicted molar refractivity (Wildman–Crippen MR) is 53.3 cm³/mol. The highest BCUT2D eigenvalue weighted by molar-refractivity contribution is 6.31. The lowest BCUT2D eigenvalue weighted by Crippen LogP contribution is -2.22. The first-order valence-corrected chi connectivity index (χ1v) is 5.01. The van der Waals surface area contributed by atoms with Gasteiger partial charge < -0.3 is 5.11 Å². The summed E-state index contributed by atoms with van der Waals surface area (Å²) < 4.78 is 37.4. The van der Waals surface area contributed by atoms with Crippen LogP contribution in [0.15, 0.2) is 0 Å². The fraction of sp³-hybridized carbons (Fsp3) is 0.667. The summed E-state index contributed by atoms with van der Waals surface area (Å²) in [5, 5.41) is 13.5. The Labute approximate surface area is 95.8 Å². The first kappa shape index (κ1) is 13.3. The van der Waals surface area contributed by atoms with Gasteiger partial charge in [-0.1, -0.05) is 11.6 Å². The summed E-state index contributed by atoms with van der Waals surface area (Å²) in [4.78, 5) is 0. The third kappa shape index (κ3) is 3.38. The maximum atomic E-state index is 12.0. The van der Waals surface area contributed by atoms with Gasteiger partial charge >= 0.3 is 6.18 Å². The van der Waals surface area contributed by atoms with E-state index < -0.39 is 18.7 Å². The minimum Gasteiger partial charge on any atom is -0.392 e. The highest BCUT2D eigenvalue weighted by atomic mass is 35.5. The van der Waals surface area contributed by atoms with E-state index in [1.54, 1.807) is 14.0 Å². The third-order valence-corrected chi connectivity index (χ3v) is 2.65. The average molecular weight is 257 g/mol. The molecule has 1 aromatic rings. The number of aromatic nitrogens is 2. The molecule has 1 heterocycles. The number of alkyl halides is 3. The van der Waals surface area contributed by atoms with Gasteiger partial charge in [0.25, 0.3) is 0 Å². The molecule has 0 aliphatic rings. The molecule has 0 fully saturated rings. The zero-order valence-electron chi connectivity index (χ0n) is 8.85. The van der Waals surface area contributed by atoms with Crippen LogP contribution in [0.25, 0.3) is 0 Å². The zero-order valence-corrected chi connectivity index (χ0v) is 9.60. The van der Waals surface area contributed by atoms with Gasteiger partial charge in [0.1, 0.15) is 0 Å².